The third kappa shape index (κ3) is 3.27. The van der Waals surface area contributed by atoms with Crippen LogP contribution in [-0.4, -0.2) is 20.3 Å². The summed E-state index contributed by atoms with van der Waals surface area (Å²) in [6.45, 7) is 1.87. The maximum atomic E-state index is 13.2. The van der Waals surface area contributed by atoms with Crippen LogP contribution >= 0.6 is 11.3 Å². The molecule has 2 aromatic carbocycles. The number of carbonyl (C=O) groups is 1. The third-order valence-corrected chi connectivity index (χ3v) is 6.04. The number of imidazole rings is 1. The van der Waals surface area contributed by atoms with Crippen LogP contribution in [0.3, 0.4) is 0 Å². The van der Waals surface area contributed by atoms with Gasteiger partial charge in [-0.25, -0.2) is 9.97 Å². The van der Waals surface area contributed by atoms with Gasteiger partial charge in [0.2, 0.25) is 0 Å². The molecule has 6 heteroatoms. The van der Waals surface area contributed by atoms with E-state index in [2.05, 4.69) is 10.3 Å². The lowest BCUT2D eigenvalue weighted by Gasteiger charge is -2.07. The van der Waals surface area contributed by atoms with E-state index in [1.54, 1.807) is 0 Å². The minimum atomic E-state index is -0.185. The van der Waals surface area contributed by atoms with E-state index < -0.39 is 0 Å². The van der Waals surface area contributed by atoms with E-state index in [4.69, 9.17) is 4.98 Å². The monoisotopic (exact) mass is 410 g/mol. The molecule has 0 saturated carbocycles. The molecule has 30 heavy (non-hydrogen) atoms. The van der Waals surface area contributed by atoms with Crippen LogP contribution in [0.5, 0.6) is 0 Å². The Balaban J connectivity index is 1.55. The highest BCUT2D eigenvalue weighted by Crippen LogP contribution is 2.31. The summed E-state index contributed by atoms with van der Waals surface area (Å²) >= 11 is 1.40. The second kappa shape index (κ2) is 7.57. The van der Waals surface area contributed by atoms with E-state index in [0.717, 1.165) is 27.5 Å². The van der Waals surface area contributed by atoms with Gasteiger partial charge in [-0.2, -0.15) is 0 Å². The molecule has 1 N–H and O–H groups in total. The van der Waals surface area contributed by atoms with Gasteiger partial charge < -0.3 is 5.32 Å². The van der Waals surface area contributed by atoms with Gasteiger partial charge in [0.15, 0.2) is 0 Å². The zero-order chi connectivity index (χ0) is 20.5. The highest BCUT2D eigenvalue weighted by molar-refractivity contribution is 7.17. The molecule has 0 aliphatic heterocycles. The summed E-state index contributed by atoms with van der Waals surface area (Å²) in [6.07, 6.45) is 1.90. The molecular weight excluding hydrogens is 392 g/mol. The number of carbonyl (C=O) groups excluding carboxylic acids is 1. The van der Waals surface area contributed by atoms with Gasteiger partial charge in [0.1, 0.15) is 27.0 Å². The minimum Gasteiger partial charge on any atom is -0.305 e. The number of aryl methyl sites for hydroxylation is 1. The van der Waals surface area contributed by atoms with Crippen molar-refractivity contribution < 1.29 is 4.79 Å². The zero-order valence-electron chi connectivity index (χ0n) is 16.2. The van der Waals surface area contributed by atoms with E-state index in [1.807, 2.05) is 96.4 Å². The molecule has 0 unspecified atom stereocenters. The Morgan fingerprint density at radius 1 is 0.867 bits per heavy atom. The SMILES string of the molecule is Cc1nc(-c2ccccc2)sc1C(=O)Nc1c(-c2ccccc2)nc2ccccn12. The van der Waals surface area contributed by atoms with Crippen LogP contribution in [0.15, 0.2) is 85.1 Å². The molecule has 0 bridgehead atoms. The summed E-state index contributed by atoms with van der Waals surface area (Å²) in [6, 6.07) is 25.5. The number of fused-ring (bicyclic) bond motifs is 1. The quantitative estimate of drug-likeness (QED) is 0.414. The first kappa shape index (κ1) is 18.3. The minimum absolute atomic E-state index is 0.185. The molecule has 3 aromatic heterocycles. The van der Waals surface area contributed by atoms with Gasteiger partial charge in [0.25, 0.3) is 5.91 Å². The first-order chi connectivity index (χ1) is 14.7. The van der Waals surface area contributed by atoms with Gasteiger partial charge in [0.05, 0.1) is 5.69 Å². The zero-order valence-corrected chi connectivity index (χ0v) is 17.1. The molecule has 0 atom stereocenters. The van der Waals surface area contributed by atoms with Gasteiger partial charge in [-0.1, -0.05) is 66.7 Å². The van der Waals surface area contributed by atoms with Crippen LogP contribution in [0, 0.1) is 6.92 Å². The van der Waals surface area contributed by atoms with Crippen molar-refractivity contribution in [2.75, 3.05) is 5.32 Å². The summed E-state index contributed by atoms with van der Waals surface area (Å²) in [5.74, 6) is 0.464. The number of nitrogens with zero attached hydrogens (tertiary/aromatic N) is 3. The average molecular weight is 411 g/mol. The third-order valence-electron chi connectivity index (χ3n) is 4.83. The van der Waals surface area contributed by atoms with Crippen LogP contribution in [0.25, 0.3) is 27.5 Å². The Morgan fingerprint density at radius 3 is 2.27 bits per heavy atom. The van der Waals surface area contributed by atoms with Crippen molar-refractivity contribution in [1.82, 2.24) is 14.4 Å². The lowest BCUT2D eigenvalue weighted by atomic mass is 10.1. The number of amides is 1. The van der Waals surface area contributed by atoms with Crippen LogP contribution in [0.1, 0.15) is 15.4 Å². The standard InChI is InChI=1S/C24H18N4OS/c1-16-21(30-24(25-16)18-12-6-3-7-13-18)23(29)27-22-20(17-10-4-2-5-11-17)26-19-14-8-9-15-28(19)22/h2-15H,1H3,(H,27,29). The van der Waals surface area contributed by atoms with Gasteiger partial charge in [-0.15, -0.1) is 11.3 Å². The number of pyridine rings is 1. The van der Waals surface area contributed by atoms with E-state index in [1.165, 1.54) is 11.3 Å². The predicted octanol–water partition coefficient (Wildman–Crippen LogP) is 5.69. The number of thiazole rings is 1. The molecule has 0 spiro atoms. The van der Waals surface area contributed by atoms with Crippen LogP contribution in [0.4, 0.5) is 5.82 Å². The van der Waals surface area contributed by atoms with Crippen molar-refractivity contribution in [1.29, 1.82) is 0 Å². The van der Waals surface area contributed by atoms with Crippen molar-refractivity contribution in [2.24, 2.45) is 0 Å². The molecule has 0 aliphatic rings. The summed E-state index contributed by atoms with van der Waals surface area (Å²) < 4.78 is 1.90. The Labute approximate surface area is 177 Å². The molecule has 0 saturated heterocycles. The second-order valence-corrected chi connectivity index (χ2v) is 7.86. The average Bonchev–Trinajstić information content (AvgIpc) is 3.36. The van der Waals surface area contributed by atoms with E-state index in [-0.39, 0.29) is 5.91 Å². The number of aromatic nitrogens is 3. The lowest BCUT2D eigenvalue weighted by Crippen LogP contribution is -2.13. The Hall–Kier alpha value is -3.77. The number of hydrogen-bond donors (Lipinski definition) is 1. The molecule has 5 aromatic rings. The first-order valence-corrected chi connectivity index (χ1v) is 10.4. The molecular formula is C24H18N4OS. The van der Waals surface area contributed by atoms with E-state index >= 15 is 0 Å². The van der Waals surface area contributed by atoms with E-state index in [9.17, 15) is 4.79 Å². The van der Waals surface area contributed by atoms with Gasteiger partial charge >= 0.3 is 0 Å². The first-order valence-electron chi connectivity index (χ1n) is 9.57. The van der Waals surface area contributed by atoms with Gasteiger partial charge in [-0.05, 0) is 19.1 Å². The van der Waals surface area contributed by atoms with Crippen LogP contribution in [0.2, 0.25) is 0 Å². The smallest absolute Gasteiger partial charge is 0.268 e. The van der Waals surface area contributed by atoms with Crippen molar-refractivity contribution in [3.63, 3.8) is 0 Å². The van der Waals surface area contributed by atoms with Crippen LogP contribution in [-0.2, 0) is 0 Å². The second-order valence-electron chi connectivity index (χ2n) is 6.86. The van der Waals surface area contributed by atoms with E-state index in [0.29, 0.717) is 16.4 Å². The number of benzene rings is 2. The predicted molar refractivity (Wildman–Crippen MR) is 121 cm³/mol. The topological polar surface area (TPSA) is 59.3 Å². The van der Waals surface area contributed by atoms with Gasteiger partial charge in [-0.3, -0.25) is 9.20 Å². The highest BCUT2D eigenvalue weighted by Gasteiger charge is 2.21. The molecule has 5 rings (SSSR count). The number of anilines is 1. The highest BCUT2D eigenvalue weighted by atomic mass is 32.1. The Morgan fingerprint density at radius 2 is 1.53 bits per heavy atom. The molecule has 5 nitrogen and oxygen atoms in total. The summed E-state index contributed by atoms with van der Waals surface area (Å²) in [5.41, 5.74) is 4.18. The number of rotatable bonds is 4. The summed E-state index contributed by atoms with van der Waals surface area (Å²) in [5, 5.41) is 3.92. The molecule has 3 heterocycles. The summed E-state index contributed by atoms with van der Waals surface area (Å²) in [7, 11) is 0. The van der Waals surface area contributed by atoms with Crippen molar-refractivity contribution in [3.05, 3.63) is 95.6 Å². The maximum Gasteiger partial charge on any atom is 0.268 e. The fourth-order valence-electron chi connectivity index (χ4n) is 3.39. The van der Waals surface area contributed by atoms with Crippen molar-refractivity contribution in [3.8, 4) is 21.8 Å². The van der Waals surface area contributed by atoms with Crippen molar-refractivity contribution >= 4 is 28.7 Å². The Bertz CT molecular complexity index is 1340. The fraction of sp³-hybridized carbons (Fsp3) is 0.0417. The van der Waals surface area contributed by atoms with Crippen molar-refractivity contribution in [2.45, 2.75) is 6.92 Å². The summed E-state index contributed by atoms with van der Waals surface area (Å²) in [4.78, 5) is 23.2. The molecule has 0 fully saturated rings. The van der Waals surface area contributed by atoms with Gasteiger partial charge in [0, 0.05) is 17.3 Å². The molecule has 0 radical (unpaired) electrons. The Kier molecular flexibility index (Phi) is 4.61. The largest absolute Gasteiger partial charge is 0.305 e. The molecule has 1 amide bonds. The normalized spacial score (nSPS) is 11.0. The van der Waals surface area contributed by atoms with Crippen LogP contribution < -0.4 is 5.32 Å². The molecule has 0 aliphatic carbocycles. The lowest BCUT2D eigenvalue weighted by molar-refractivity contribution is 0.102. The fourth-order valence-corrected chi connectivity index (χ4v) is 4.36. The maximum absolute atomic E-state index is 13.2. The number of nitrogens with one attached hydrogen (secondary N) is 1. The number of hydrogen-bond acceptors (Lipinski definition) is 4. The molecule has 146 valence electrons.